The third kappa shape index (κ3) is 4.66. The van der Waals surface area contributed by atoms with Crippen LogP contribution in [0.4, 0.5) is 0 Å². The first-order valence-electron chi connectivity index (χ1n) is 11.5. The predicted octanol–water partition coefficient (Wildman–Crippen LogP) is 5.95. The zero-order chi connectivity index (χ0) is 22.7. The molecular weight excluding hydrogens is 396 g/mol. The summed E-state index contributed by atoms with van der Waals surface area (Å²) in [7, 11) is 3.46. The van der Waals surface area contributed by atoms with Gasteiger partial charge in [-0.05, 0) is 104 Å². The molecule has 4 nitrogen and oxygen atoms in total. The van der Waals surface area contributed by atoms with Gasteiger partial charge >= 0.3 is 0 Å². The summed E-state index contributed by atoms with van der Waals surface area (Å²) in [6.45, 7) is 8.64. The summed E-state index contributed by atoms with van der Waals surface area (Å²) >= 11 is 0. The molecule has 1 atom stereocenters. The highest BCUT2D eigenvalue weighted by Crippen LogP contribution is 2.35. The minimum absolute atomic E-state index is 0.377. The molecule has 0 saturated carbocycles. The summed E-state index contributed by atoms with van der Waals surface area (Å²) in [5.41, 5.74) is 8.95. The highest BCUT2D eigenvalue weighted by molar-refractivity contribution is 5.48. The van der Waals surface area contributed by atoms with E-state index in [9.17, 15) is 0 Å². The molecule has 1 fully saturated rings. The number of hydrogen-bond acceptors (Lipinski definition) is 4. The molecular formula is C28H34N2O2. The van der Waals surface area contributed by atoms with E-state index in [2.05, 4.69) is 56.0 Å². The highest BCUT2D eigenvalue weighted by atomic mass is 16.5. The molecule has 4 rings (SSSR count). The first-order valence-corrected chi connectivity index (χ1v) is 11.5. The number of pyridine rings is 1. The Morgan fingerprint density at radius 3 is 2.53 bits per heavy atom. The number of likely N-dealkylation sites (tertiary alicyclic amines) is 1. The van der Waals surface area contributed by atoms with Crippen LogP contribution in [0.5, 0.6) is 11.5 Å². The van der Waals surface area contributed by atoms with Crippen LogP contribution in [-0.2, 0) is 13.0 Å². The van der Waals surface area contributed by atoms with E-state index in [1.807, 2.05) is 18.3 Å². The monoisotopic (exact) mass is 430 g/mol. The van der Waals surface area contributed by atoms with E-state index in [1.165, 1.54) is 45.5 Å². The molecule has 0 N–H and O–H groups in total. The Bertz CT molecular complexity index is 1080. The van der Waals surface area contributed by atoms with Crippen LogP contribution in [0.3, 0.4) is 0 Å². The highest BCUT2D eigenvalue weighted by Gasteiger charge is 2.28. The standard InChI is InChI=1S/C28H34N2O2/c1-19-14-28(32-5)21(3)20(2)25(19)18-30-13-7-10-27(30)26-12-11-23(17-29-26)15-22-8-6-9-24(16-22)31-4/h6,8-9,11-12,14,16-17,27H,7,10,13,15,18H2,1-5H3/t27-/m0/s1. The molecule has 0 spiro atoms. The average molecular weight is 431 g/mol. The zero-order valence-corrected chi connectivity index (χ0v) is 19.9. The summed E-state index contributed by atoms with van der Waals surface area (Å²) in [4.78, 5) is 7.48. The molecule has 32 heavy (non-hydrogen) atoms. The Labute approximate surface area is 192 Å². The summed E-state index contributed by atoms with van der Waals surface area (Å²) in [6.07, 6.45) is 5.28. The van der Waals surface area contributed by atoms with Crippen LogP contribution in [0.1, 0.15) is 58.0 Å². The van der Waals surface area contributed by atoms with Crippen LogP contribution < -0.4 is 9.47 Å². The molecule has 1 aromatic heterocycles. The van der Waals surface area contributed by atoms with Crippen molar-refractivity contribution in [1.29, 1.82) is 0 Å². The Morgan fingerprint density at radius 1 is 0.969 bits per heavy atom. The summed E-state index contributed by atoms with van der Waals surface area (Å²) < 4.78 is 10.9. The van der Waals surface area contributed by atoms with Crippen molar-refractivity contribution in [3.05, 3.63) is 87.7 Å². The van der Waals surface area contributed by atoms with Gasteiger partial charge in [-0.2, -0.15) is 0 Å². The van der Waals surface area contributed by atoms with Gasteiger partial charge in [-0.15, -0.1) is 0 Å². The van der Waals surface area contributed by atoms with Crippen LogP contribution in [-0.4, -0.2) is 30.6 Å². The lowest BCUT2D eigenvalue weighted by Crippen LogP contribution is -2.24. The van der Waals surface area contributed by atoms with Gasteiger partial charge in [-0.3, -0.25) is 9.88 Å². The maximum absolute atomic E-state index is 5.56. The molecule has 2 aromatic carbocycles. The van der Waals surface area contributed by atoms with Gasteiger partial charge in [0.15, 0.2) is 0 Å². The van der Waals surface area contributed by atoms with Gasteiger partial charge in [0.05, 0.1) is 26.0 Å². The van der Waals surface area contributed by atoms with Crippen LogP contribution >= 0.6 is 0 Å². The Hall–Kier alpha value is -2.85. The van der Waals surface area contributed by atoms with Crippen LogP contribution in [0.25, 0.3) is 0 Å². The van der Waals surface area contributed by atoms with Crippen molar-refractivity contribution in [2.24, 2.45) is 0 Å². The first-order chi connectivity index (χ1) is 15.5. The molecule has 0 unspecified atom stereocenters. The maximum atomic E-state index is 5.56. The number of aryl methyl sites for hydroxylation is 1. The molecule has 2 heterocycles. The van der Waals surface area contributed by atoms with Gasteiger partial charge in [-0.1, -0.05) is 18.2 Å². The number of hydrogen-bond donors (Lipinski definition) is 0. The number of ether oxygens (including phenoxy) is 2. The van der Waals surface area contributed by atoms with E-state index >= 15 is 0 Å². The number of benzene rings is 2. The summed E-state index contributed by atoms with van der Waals surface area (Å²) in [5.74, 6) is 1.88. The molecule has 1 saturated heterocycles. The quantitative estimate of drug-likeness (QED) is 0.464. The largest absolute Gasteiger partial charge is 0.497 e. The topological polar surface area (TPSA) is 34.6 Å². The van der Waals surface area contributed by atoms with E-state index in [-0.39, 0.29) is 0 Å². The second kappa shape index (κ2) is 9.74. The molecule has 0 bridgehead atoms. The van der Waals surface area contributed by atoms with Crippen molar-refractivity contribution in [2.75, 3.05) is 20.8 Å². The number of aromatic nitrogens is 1. The molecule has 3 aromatic rings. The van der Waals surface area contributed by atoms with Crippen LogP contribution in [0, 0.1) is 20.8 Å². The third-order valence-corrected chi connectivity index (χ3v) is 6.88. The van der Waals surface area contributed by atoms with Crippen molar-refractivity contribution in [1.82, 2.24) is 9.88 Å². The molecule has 1 aliphatic heterocycles. The fourth-order valence-corrected chi connectivity index (χ4v) is 4.86. The SMILES string of the molecule is COc1cccc(Cc2ccc([C@@H]3CCCN3Cc3c(C)cc(OC)c(C)c3C)nc2)c1. The Balaban J connectivity index is 1.50. The molecule has 1 aliphatic rings. The summed E-state index contributed by atoms with van der Waals surface area (Å²) in [5, 5.41) is 0. The normalized spacial score (nSPS) is 16.3. The minimum atomic E-state index is 0.377. The average Bonchev–Trinajstić information content (AvgIpc) is 3.28. The molecule has 168 valence electrons. The zero-order valence-electron chi connectivity index (χ0n) is 19.9. The van der Waals surface area contributed by atoms with Gasteiger partial charge in [0.2, 0.25) is 0 Å². The summed E-state index contributed by atoms with van der Waals surface area (Å²) in [6, 6.07) is 15.2. The van der Waals surface area contributed by atoms with Crippen LogP contribution in [0.15, 0.2) is 48.7 Å². The van der Waals surface area contributed by atoms with Gasteiger partial charge in [-0.25, -0.2) is 0 Å². The van der Waals surface area contributed by atoms with Gasteiger partial charge in [0.1, 0.15) is 11.5 Å². The van der Waals surface area contributed by atoms with E-state index in [0.717, 1.165) is 37.4 Å². The van der Waals surface area contributed by atoms with Crippen molar-refractivity contribution in [3.8, 4) is 11.5 Å². The maximum Gasteiger partial charge on any atom is 0.122 e. The van der Waals surface area contributed by atoms with Crippen molar-refractivity contribution in [3.63, 3.8) is 0 Å². The van der Waals surface area contributed by atoms with Crippen molar-refractivity contribution >= 4 is 0 Å². The van der Waals surface area contributed by atoms with E-state index in [0.29, 0.717) is 6.04 Å². The smallest absolute Gasteiger partial charge is 0.122 e. The Kier molecular flexibility index (Phi) is 6.80. The molecule has 0 radical (unpaired) electrons. The fourth-order valence-electron chi connectivity index (χ4n) is 4.86. The first kappa shape index (κ1) is 22.3. The molecule has 0 aliphatic carbocycles. The predicted molar refractivity (Wildman–Crippen MR) is 130 cm³/mol. The third-order valence-electron chi connectivity index (χ3n) is 6.88. The molecule has 4 heteroatoms. The fraction of sp³-hybridized carbons (Fsp3) is 0.393. The van der Waals surface area contributed by atoms with Gasteiger partial charge in [0, 0.05) is 12.7 Å². The molecule has 0 amide bonds. The number of nitrogens with zero attached hydrogens (tertiary/aromatic N) is 2. The lowest BCUT2D eigenvalue weighted by Gasteiger charge is -2.27. The lowest BCUT2D eigenvalue weighted by molar-refractivity contribution is 0.243. The lowest BCUT2D eigenvalue weighted by atomic mass is 9.96. The Morgan fingerprint density at radius 2 is 1.81 bits per heavy atom. The van der Waals surface area contributed by atoms with Crippen LogP contribution in [0.2, 0.25) is 0 Å². The van der Waals surface area contributed by atoms with Crippen molar-refractivity contribution in [2.45, 2.75) is 52.6 Å². The van der Waals surface area contributed by atoms with Crippen molar-refractivity contribution < 1.29 is 9.47 Å². The van der Waals surface area contributed by atoms with Gasteiger partial charge < -0.3 is 9.47 Å². The second-order valence-electron chi connectivity index (χ2n) is 8.87. The van der Waals surface area contributed by atoms with Gasteiger partial charge in [0.25, 0.3) is 0 Å². The minimum Gasteiger partial charge on any atom is -0.497 e. The van der Waals surface area contributed by atoms with E-state index in [4.69, 9.17) is 14.5 Å². The van der Waals surface area contributed by atoms with E-state index < -0.39 is 0 Å². The number of rotatable bonds is 7. The van der Waals surface area contributed by atoms with E-state index in [1.54, 1.807) is 14.2 Å². The second-order valence-corrected chi connectivity index (χ2v) is 8.87. The number of methoxy groups -OCH3 is 2.